The number of benzene rings is 1. The number of fused-ring (bicyclic) bond motifs is 3. The van der Waals surface area contributed by atoms with Crippen LogP contribution in [0, 0.1) is 6.92 Å². The lowest BCUT2D eigenvalue weighted by atomic mass is 10.1. The summed E-state index contributed by atoms with van der Waals surface area (Å²) in [5.74, 6) is 0.623. The Labute approximate surface area is 108 Å². The standard InChI is InChI=1S/C13H13N3O3/c1-7-16-12-10(19-7)3-2-9-11(12)8(6-15-9)4-5-14-13(17)18/h2-3,6,14-15H,4-5H2,1H3,(H,17,18). The van der Waals surface area contributed by atoms with Gasteiger partial charge in [0.15, 0.2) is 11.5 Å². The SMILES string of the molecule is Cc1nc2c(ccc3[nH]cc(CCNC(=O)O)c32)o1. The van der Waals surface area contributed by atoms with Gasteiger partial charge in [-0.25, -0.2) is 9.78 Å². The van der Waals surface area contributed by atoms with Gasteiger partial charge in [-0.1, -0.05) is 0 Å². The average Bonchev–Trinajstić information content (AvgIpc) is 2.90. The zero-order chi connectivity index (χ0) is 13.4. The van der Waals surface area contributed by atoms with E-state index in [9.17, 15) is 4.79 Å². The number of hydrogen-bond acceptors (Lipinski definition) is 3. The van der Waals surface area contributed by atoms with E-state index < -0.39 is 6.09 Å². The Hall–Kier alpha value is -2.50. The van der Waals surface area contributed by atoms with Gasteiger partial charge in [0.25, 0.3) is 0 Å². The molecule has 6 heteroatoms. The second kappa shape index (κ2) is 4.31. The van der Waals surface area contributed by atoms with Crippen molar-refractivity contribution >= 4 is 28.1 Å². The van der Waals surface area contributed by atoms with E-state index in [4.69, 9.17) is 9.52 Å². The topological polar surface area (TPSA) is 91.2 Å². The zero-order valence-corrected chi connectivity index (χ0v) is 10.4. The number of oxazole rings is 1. The number of nitrogens with zero attached hydrogens (tertiary/aromatic N) is 1. The number of nitrogens with one attached hydrogen (secondary N) is 2. The van der Waals surface area contributed by atoms with Gasteiger partial charge in [-0.05, 0) is 24.1 Å². The Morgan fingerprint density at radius 1 is 1.53 bits per heavy atom. The van der Waals surface area contributed by atoms with E-state index in [1.54, 1.807) is 0 Å². The summed E-state index contributed by atoms with van der Waals surface area (Å²) in [5.41, 5.74) is 3.58. The molecule has 0 radical (unpaired) electrons. The lowest BCUT2D eigenvalue weighted by molar-refractivity contribution is 0.194. The molecular formula is C13H13N3O3. The third kappa shape index (κ3) is 2.01. The Kier molecular flexibility index (Phi) is 2.63. The summed E-state index contributed by atoms with van der Waals surface area (Å²) >= 11 is 0. The molecule has 0 bridgehead atoms. The summed E-state index contributed by atoms with van der Waals surface area (Å²) in [7, 11) is 0. The van der Waals surface area contributed by atoms with Crippen LogP contribution in [0.4, 0.5) is 4.79 Å². The summed E-state index contributed by atoms with van der Waals surface area (Å²) in [6, 6.07) is 3.82. The number of hydrogen-bond donors (Lipinski definition) is 3. The van der Waals surface area contributed by atoms with Crippen molar-refractivity contribution in [3.8, 4) is 0 Å². The molecule has 0 aliphatic rings. The highest BCUT2D eigenvalue weighted by Crippen LogP contribution is 2.28. The van der Waals surface area contributed by atoms with Gasteiger partial charge in [-0.15, -0.1) is 0 Å². The highest BCUT2D eigenvalue weighted by atomic mass is 16.4. The quantitative estimate of drug-likeness (QED) is 0.673. The van der Waals surface area contributed by atoms with Crippen LogP contribution >= 0.6 is 0 Å². The van der Waals surface area contributed by atoms with Crippen molar-refractivity contribution in [2.24, 2.45) is 0 Å². The summed E-state index contributed by atoms with van der Waals surface area (Å²) in [6.45, 7) is 2.18. The molecule has 0 spiro atoms. The molecule has 0 saturated carbocycles. The second-order valence-corrected chi connectivity index (χ2v) is 4.36. The molecule has 0 aliphatic heterocycles. The van der Waals surface area contributed by atoms with E-state index in [0.29, 0.717) is 18.9 Å². The summed E-state index contributed by atoms with van der Waals surface area (Å²) < 4.78 is 5.51. The van der Waals surface area contributed by atoms with Crippen LogP contribution in [-0.2, 0) is 6.42 Å². The Morgan fingerprint density at radius 2 is 2.37 bits per heavy atom. The number of H-pyrrole nitrogens is 1. The van der Waals surface area contributed by atoms with Crippen molar-refractivity contribution in [3.05, 3.63) is 29.8 Å². The van der Waals surface area contributed by atoms with Gasteiger partial charge >= 0.3 is 6.09 Å². The fraction of sp³-hybridized carbons (Fsp3) is 0.231. The molecular weight excluding hydrogens is 246 g/mol. The van der Waals surface area contributed by atoms with Gasteiger partial charge in [0, 0.05) is 30.6 Å². The first-order valence-corrected chi connectivity index (χ1v) is 5.98. The maximum Gasteiger partial charge on any atom is 0.404 e. The number of aryl methyl sites for hydroxylation is 1. The predicted molar refractivity (Wildman–Crippen MR) is 70.3 cm³/mol. The summed E-state index contributed by atoms with van der Waals surface area (Å²) in [6.07, 6.45) is 1.48. The highest BCUT2D eigenvalue weighted by molar-refractivity contribution is 6.04. The number of aromatic amines is 1. The van der Waals surface area contributed by atoms with Crippen molar-refractivity contribution < 1.29 is 14.3 Å². The summed E-state index contributed by atoms with van der Waals surface area (Å²) in [5, 5.41) is 11.9. The maximum atomic E-state index is 10.5. The van der Waals surface area contributed by atoms with Gasteiger partial charge < -0.3 is 19.8 Å². The summed E-state index contributed by atoms with van der Waals surface area (Å²) in [4.78, 5) is 18.0. The molecule has 3 N–H and O–H groups in total. The second-order valence-electron chi connectivity index (χ2n) is 4.36. The molecule has 0 saturated heterocycles. The van der Waals surface area contributed by atoms with Gasteiger partial charge in [-0.2, -0.15) is 0 Å². The Bertz CT molecular complexity index is 757. The normalized spacial score (nSPS) is 11.2. The van der Waals surface area contributed by atoms with E-state index in [1.165, 1.54) is 0 Å². The van der Waals surface area contributed by atoms with Crippen LogP contribution in [0.5, 0.6) is 0 Å². The molecule has 3 aromatic rings. The highest BCUT2D eigenvalue weighted by Gasteiger charge is 2.12. The maximum absolute atomic E-state index is 10.5. The molecule has 98 valence electrons. The van der Waals surface area contributed by atoms with Crippen molar-refractivity contribution in [1.29, 1.82) is 0 Å². The van der Waals surface area contributed by atoms with Crippen molar-refractivity contribution in [2.75, 3.05) is 6.54 Å². The van der Waals surface area contributed by atoms with Gasteiger partial charge in [0.2, 0.25) is 0 Å². The molecule has 1 amide bonds. The van der Waals surface area contributed by atoms with Crippen LogP contribution in [0.3, 0.4) is 0 Å². The number of rotatable bonds is 3. The van der Waals surface area contributed by atoms with Crippen LogP contribution in [-0.4, -0.2) is 27.7 Å². The third-order valence-electron chi connectivity index (χ3n) is 3.06. The average molecular weight is 259 g/mol. The van der Waals surface area contributed by atoms with E-state index in [0.717, 1.165) is 27.6 Å². The Morgan fingerprint density at radius 3 is 3.16 bits per heavy atom. The predicted octanol–water partition coefficient (Wildman–Crippen LogP) is 2.43. The third-order valence-corrected chi connectivity index (χ3v) is 3.06. The van der Waals surface area contributed by atoms with Crippen LogP contribution < -0.4 is 5.32 Å². The van der Waals surface area contributed by atoms with Crippen LogP contribution in [0.25, 0.3) is 22.0 Å². The number of carboxylic acid groups (broad SMARTS) is 1. The number of aromatic nitrogens is 2. The molecule has 2 aromatic heterocycles. The minimum absolute atomic E-state index is 0.371. The molecule has 2 heterocycles. The van der Waals surface area contributed by atoms with Crippen molar-refractivity contribution in [1.82, 2.24) is 15.3 Å². The number of amides is 1. The first-order chi connectivity index (χ1) is 9.15. The van der Waals surface area contributed by atoms with E-state index in [2.05, 4.69) is 15.3 Å². The lowest BCUT2D eigenvalue weighted by Crippen LogP contribution is -2.23. The first kappa shape index (κ1) is 11.6. The first-order valence-electron chi connectivity index (χ1n) is 5.98. The minimum atomic E-state index is -1.01. The van der Waals surface area contributed by atoms with E-state index in [1.807, 2.05) is 25.3 Å². The molecule has 1 aromatic carbocycles. The molecule has 6 nitrogen and oxygen atoms in total. The largest absolute Gasteiger partial charge is 0.465 e. The molecule has 3 rings (SSSR count). The molecule has 0 atom stereocenters. The molecule has 0 unspecified atom stereocenters. The lowest BCUT2D eigenvalue weighted by Gasteiger charge is -2.00. The molecule has 19 heavy (non-hydrogen) atoms. The van der Waals surface area contributed by atoms with Crippen LogP contribution in [0.1, 0.15) is 11.5 Å². The van der Waals surface area contributed by atoms with Crippen molar-refractivity contribution in [3.63, 3.8) is 0 Å². The fourth-order valence-electron chi connectivity index (χ4n) is 2.29. The van der Waals surface area contributed by atoms with E-state index >= 15 is 0 Å². The van der Waals surface area contributed by atoms with Gasteiger partial charge in [0.05, 0.1) is 0 Å². The Balaban J connectivity index is 2.04. The van der Waals surface area contributed by atoms with Crippen LogP contribution in [0.2, 0.25) is 0 Å². The van der Waals surface area contributed by atoms with E-state index in [-0.39, 0.29) is 0 Å². The smallest absolute Gasteiger partial charge is 0.404 e. The molecule has 0 fully saturated rings. The minimum Gasteiger partial charge on any atom is -0.465 e. The zero-order valence-electron chi connectivity index (χ0n) is 10.4. The van der Waals surface area contributed by atoms with Crippen molar-refractivity contribution in [2.45, 2.75) is 13.3 Å². The monoisotopic (exact) mass is 259 g/mol. The van der Waals surface area contributed by atoms with Gasteiger partial charge in [0.1, 0.15) is 5.52 Å². The molecule has 0 aliphatic carbocycles. The van der Waals surface area contributed by atoms with Crippen LogP contribution in [0.15, 0.2) is 22.7 Å². The van der Waals surface area contributed by atoms with Gasteiger partial charge in [-0.3, -0.25) is 0 Å². The fourth-order valence-corrected chi connectivity index (χ4v) is 2.29. The number of carbonyl (C=O) groups is 1.